The Morgan fingerprint density at radius 3 is 2.50 bits per heavy atom. The first-order valence-corrected chi connectivity index (χ1v) is 6.95. The van der Waals surface area contributed by atoms with Crippen molar-refractivity contribution in [3.8, 4) is 0 Å². The molecule has 1 aromatic heterocycles. The summed E-state index contributed by atoms with van der Waals surface area (Å²) >= 11 is 3.38. The van der Waals surface area contributed by atoms with E-state index in [2.05, 4.69) is 21.0 Å². The zero-order valence-corrected chi connectivity index (χ0v) is 13.3. The van der Waals surface area contributed by atoms with Crippen molar-refractivity contribution in [2.24, 2.45) is 11.1 Å². The monoisotopic (exact) mass is 315 g/mol. The van der Waals surface area contributed by atoms with Gasteiger partial charge in [-0.25, -0.2) is 0 Å². The third kappa shape index (κ3) is 3.42. The molecular formula is C13H22BrN3O. The number of aromatic nitrogens is 2. The molecule has 1 unspecified atom stereocenters. The maximum Gasteiger partial charge on any atom is 0.183 e. The van der Waals surface area contributed by atoms with Crippen molar-refractivity contribution in [2.45, 2.75) is 53.1 Å². The molecule has 0 amide bonds. The quantitative estimate of drug-likeness (QED) is 0.868. The number of Topliss-reactive ketones (excluding diaryl/α,β-unsaturated/α-hetero) is 1. The van der Waals surface area contributed by atoms with Gasteiger partial charge in [-0.1, -0.05) is 20.8 Å². The van der Waals surface area contributed by atoms with Crippen molar-refractivity contribution in [2.75, 3.05) is 0 Å². The zero-order chi connectivity index (χ0) is 14.1. The van der Waals surface area contributed by atoms with E-state index in [1.165, 1.54) is 0 Å². The lowest BCUT2D eigenvalue weighted by molar-refractivity contribution is 0.0940. The topological polar surface area (TPSA) is 60.9 Å². The molecule has 0 aromatic carbocycles. The van der Waals surface area contributed by atoms with Gasteiger partial charge >= 0.3 is 0 Å². The number of hydrogen-bond donors (Lipinski definition) is 1. The molecule has 1 heterocycles. The molecule has 1 aromatic rings. The van der Waals surface area contributed by atoms with Gasteiger partial charge < -0.3 is 5.73 Å². The molecule has 0 saturated carbocycles. The highest BCUT2D eigenvalue weighted by Crippen LogP contribution is 2.25. The molecule has 2 N–H and O–H groups in total. The lowest BCUT2D eigenvalue weighted by Gasteiger charge is -2.26. The van der Waals surface area contributed by atoms with Gasteiger partial charge in [0.25, 0.3) is 0 Å². The van der Waals surface area contributed by atoms with E-state index in [-0.39, 0.29) is 23.3 Å². The zero-order valence-electron chi connectivity index (χ0n) is 11.7. The third-order valence-electron chi connectivity index (χ3n) is 3.02. The molecule has 0 aliphatic carbocycles. The minimum Gasteiger partial charge on any atom is -0.327 e. The van der Waals surface area contributed by atoms with Crippen molar-refractivity contribution in [1.29, 1.82) is 0 Å². The summed E-state index contributed by atoms with van der Waals surface area (Å²) in [4.78, 5) is 12.3. The maximum absolute atomic E-state index is 12.3. The number of nitrogens with two attached hydrogens (primary N) is 1. The normalized spacial score (nSPS) is 14.0. The van der Waals surface area contributed by atoms with Crippen LogP contribution in [0.25, 0.3) is 0 Å². The Balaban J connectivity index is 2.95. The number of halogens is 1. The fourth-order valence-electron chi connectivity index (χ4n) is 1.60. The Bertz CT molecular complexity index is 432. The molecule has 0 spiro atoms. The van der Waals surface area contributed by atoms with Crippen LogP contribution < -0.4 is 5.73 Å². The van der Waals surface area contributed by atoms with E-state index in [0.29, 0.717) is 12.1 Å². The Labute approximate surface area is 117 Å². The Kier molecular flexibility index (Phi) is 4.72. The molecule has 5 heteroatoms. The minimum absolute atomic E-state index is 0.0375. The largest absolute Gasteiger partial charge is 0.327 e. The van der Waals surface area contributed by atoms with E-state index in [1.807, 2.05) is 34.6 Å². The van der Waals surface area contributed by atoms with Gasteiger partial charge in [-0.2, -0.15) is 5.10 Å². The summed E-state index contributed by atoms with van der Waals surface area (Å²) in [5.41, 5.74) is 6.61. The van der Waals surface area contributed by atoms with Crippen molar-refractivity contribution in [1.82, 2.24) is 9.78 Å². The van der Waals surface area contributed by atoms with Gasteiger partial charge in [-0.15, -0.1) is 0 Å². The van der Waals surface area contributed by atoms with Crippen molar-refractivity contribution in [3.63, 3.8) is 0 Å². The SMILES string of the molecule is CC(C)n1ncc(Br)c1C(=O)CC(N)C(C)(C)C. The summed E-state index contributed by atoms with van der Waals surface area (Å²) in [6.07, 6.45) is 2.00. The average Bonchev–Trinajstić information content (AvgIpc) is 2.58. The first kappa shape index (κ1) is 15.4. The highest BCUT2D eigenvalue weighted by Gasteiger charge is 2.26. The van der Waals surface area contributed by atoms with E-state index in [0.717, 1.165) is 4.47 Å². The molecule has 0 fully saturated rings. The van der Waals surface area contributed by atoms with Crippen LogP contribution in [0.4, 0.5) is 0 Å². The highest BCUT2D eigenvalue weighted by molar-refractivity contribution is 9.10. The second-order valence-electron chi connectivity index (χ2n) is 5.98. The first-order valence-electron chi connectivity index (χ1n) is 6.16. The van der Waals surface area contributed by atoms with Gasteiger partial charge in [-0.05, 0) is 35.2 Å². The van der Waals surface area contributed by atoms with Crippen molar-refractivity contribution in [3.05, 3.63) is 16.4 Å². The van der Waals surface area contributed by atoms with Crippen molar-refractivity contribution >= 4 is 21.7 Å². The Morgan fingerprint density at radius 1 is 1.50 bits per heavy atom. The summed E-state index contributed by atoms with van der Waals surface area (Å²) in [6, 6.07) is -0.00600. The summed E-state index contributed by atoms with van der Waals surface area (Å²) in [5, 5.41) is 4.21. The predicted octanol–water partition coefficient (Wildman–Crippen LogP) is 3.17. The second-order valence-corrected chi connectivity index (χ2v) is 6.83. The molecular weight excluding hydrogens is 294 g/mol. The predicted molar refractivity (Wildman–Crippen MR) is 76.7 cm³/mol. The summed E-state index contributed by atoms with van der Waals surface area (Å²) in [7, 11) is 0. The smallest absolute Gasteiger partial charge is 0.183 e. The van der Waals surface area contributed by atoms with E-state index in [9.17, 15) is 4.79 Å². The highest BCUT2D eigenvalue weighted by atomic mass is 79.9. The number of ketones is 1. The number of carbonyl (C=O) groups excluding carboxylic acids is 1. The molecule has 102 valence electrons. The molecule has 4 nitrogen and oxygen atoms in total. The standard InChI is InChI=1S/C13H22BrN3O/c1-8(2)17-12(9(14)7-16-17)10(18)6-11(15)13(3,4)5/h7-8,11H,6,15H2,1-5H3. The van der Waals surface area contributed by atoms with Gasteiger partial charge in [0.15, 0.2) is 5.78 Å². The Morgan fingerprint density at radius 2 is 2.06 bits per heavy atom. The second kappa shape index (κ2) is 5.53. The number of carbonyl (C=O) groups is 1. The lowest BCUT2D eigenvalue weighted by atomic mass is 9.84. The molecule has 0 aliphatic heterocycles. The third-order valence-corrected chi connectivity index (χ3v) is 3.60. The van der Waals surface area contributed by atoms with Crippen LogP contribution in [-0.4, -0.2) is 21.6 Å². The maximum atomic E-state index is 12.3. The van der Waals surface area contributed by atoms with E-state index in [4.69, 9.17) is 5.73 Å². The van der Waals surface area contributed by atoms with Crippen LogP contribution in [0.2, 0.25) is 0 Å². The van der Waals surface area contributed by atoms with Crippen LogP contribution in [0.1, 0.15) is 57.6 Å². The van der Waals surface area contributed by atoms with Gasteiger partial charge in [0.2, 0.25) is 0 Å². The van der Waals surface area contributed by atoms with Crippen LogP contribution in [0.15, 0.2) is 10.7 Å². The van der Waals surface area contributed by atoms with Crippen LogP contribution in [-0.2, 0) is 0 Å². The molecule has 0 aliphatic rings. The molecule has 1 atom stereocenters. The van der Waals surface area contributed by atoms with Crippen LogP contribution in [0.3, 0.4) is 0 Å². The Hall–Kier alpha value is -0.680. The van der Waals surface area contributed by atoms with Gasteiger partial charge in [-0.3, -0.25) is 9.48 Å². The molecule has 1 rings (SSSR count). The summed E-state index contributed by atoms with van der Waals surface area (Å²) in [6.45, 7) is 10.1. The summed E-state index contributed by atoms with van der Waals surface area (Å²) < 4.78 is 2.48. The van der Waals surface area contributed by atoms with Gasteiger partial charge in [0, 0.05) is 18.5 Å². The fraction of sp³-hybridized carbons (Fsp3) is 0.692. The number of nitrogens with zero attached hydrogens (tertiary/aromatic N) is 2. The summed E-state index contributed by atoms with van der Waals surface area (Å²) in [5.74, 6) is 0.0375. The average molecular weight is 316 g/mol. The fourth-order valence-corrected chi connectivity index (χ4v) is 2.09. The van der Waals surface area contributed by atoms with Crippen molar-refractivity contribution < 1.29 is 4.79 Å². The van der Waals surface area contributed by atoms with Gasteiger partial charge in [0.1, 0.15) is 5.69 Å². The lowest BCUT2D eigenvalue weighted by Crippen LogP contribution is -2.37. The van der Waals surface area contributed by atoms with E-state index < -0.39 is 0 Å². The van der Waals surface area contributed by atoms with E-state index in [1.54, 1.807) is 10.9 Å². The number of rotatable bonds is 4. The van der Waals surface area contributed by atoms with Crippen LogP contribution in [0.5, 0.6) is 0 Å². The van der Waals surface area contributed by atoms with Gasteiger partial charge in [0.05, 0.1) is 10.7 Å². The molecule has 18 heavy (non-hydrogen) atoms. The molecule has 0 bridgehead atoms. The number of hydrogen-bond acceptors (Lipinski definition) is 3. The van der Waals surface area contributed by atoms with Crippen LogP contribution >= 0.6 is 15.9 Å². The first-order chi connectivity index (χ1) is 8.14. The van der Waals surface area contributed by atoms with Crippen LogP contribution in [0, 0.1) is 5.41 Å². The minimum atomic E-state index is -0.160. The molecule has 0 radical (unpaired) electrons. The molecule has 0 saturated heterocycles. The van der Waals surface area contributed by atoms with E-state index >= 15 is 0 Å².